The van der Waals surface area contributed by atoms with Gasteiger partial charge in [-0.15, -0.1) is 11.8 Å². The molecule has 0 radical (unpaired) electrons. The van der Waals surface area contributed by atoms with Crippen LogP contribution in [0.25, 0.3) is 0 Å². The fraction of sp³-hybridized carbons (Fsp3) is 0.350. The summed E-state index contributed by atoms with van der Waals surface area (Å²) < 4.78 is 23.1. The van der Waals surface area contributed by atoms with Gasteiger partial charge in [0.1, 0.15) is 0 Å². The number of carbonyl (C=O) groups excluding carboxylic acids is 1. The molecule has 1 aliphatic rings. The molecule has 3 rings (SSSR count). The molecule has 144 valence electrons. The molecule has 0 saturated carbocycles. The first-order chi connectivity index (χ1) is 12.7. The van der Waals surface area contributed by atoms with Crippen LogP contribution in [0.4, 0.5) is 5.69 Å². The number of amides is 1. The zero-order valence-electron chi connectivity index (χ0n) is 15.7. The van der Waals surface area contributed by atoms with Crippen LogP contribution in [0.2, 0.25) is 0 Å². The van der Waals surface area contributed by atoms with E-state index in [4.69, 9.17) is 5.14 Å². The lowest BCUT2D eigenvalue weighted by atomic mass is 10.0. The van der Waals surface area contributed by atoms with Gasteiger partial charge in [-0.25, -0.2) is 13.6 Å². The maximum Gasteiger partial charge on any atom is 0.238 e. The van der Waals surface area contributed by atoms with Crippen molar-refractivity contribution in [2.24, 2.45) is 5.14 Å². The van der Waals surface area contributed by atoms with Gasteiger partial charge in [-0.2, -0.15) is 0 Å². The van der Waals surface area contributed by atoms with Crippen LogP contribution in [-0.4, -0.2) is 26.1 Å². The normalized spacial score (nSPS) is 16.6. The number of anilines is 1. The third-order valence-electron chi connectivity index (χ3n) is 4.77. The summed E-state index contributed by atoms with van der Waals surface area (Å²) in [6.07, 6.45) is 0.623. The molecule has 0 saturated heterocycles. The second kappa shape index (κ2) is 7.66. The Bertz CT molecular complexity index is 954. The minimum absolute atomic E-state index is 0.00727. The summed E-state index contributed by atoms with van der Waals surface area (Å²) in [5.41, 5.74) is 2.89. The highest BCUT2D eigenvalue weighted by molar-refractivity contribution is 8.00. The Hall–Kier alpha value is -1.83. The number of nitrogens with two attached hydrogens (primary N) is 1. The van der Waals surface area contributed by atoms with Crippen molar-refractivity contribution in [2.75, 3.05) is 10.7 Å². The van der Waals surface area contributed by atoms with Crippen LogP contribution in [0.5, 0.6) is 0 Å². The van der Waals surface area contributed by atoms with Gasteiger partial charge < -0.3 is 4.90 Å². The Morgan fingerprint density at radius 2 is 1.89 bits per heavy atom. The van der Waals surface area contributed by atoms with Crippen LogP contribution in [0.1, 0.15) is 37.8 Å². The molecule has 0 bridgehead atoms. The Balaban J connectivity index is 1.72. The molecule has 0 aromatic heterocycles. The molecule has 1 aliphatic heterocycles. The zero-order chi connectivity index (χ0) is 19.8. The number of thioether (sulfide) groups is 1. The van der Waals surface area contributed by atoms with E-state index in [-0.39, 0.29) is 16.8 Å². The van der Waals surface area contributed by atoms with Crippen LogP contribution in [-0.2, 0) is 21.2 Å². The van der Waals surface area contributed by atoms with E-state index in [9.17, 15) is 13.2 Å². The second-order valence-corrected chi connectivity index (χ2v) is 9.78. The Morgan fingerprint density at radius 3 is 2.48 bits per heavy atom. The Kier molecular flexibility index (Phi) is 5.65. The topological polar surface area (TPSA) is 80.5 Å². The van der Waals surface area contributed by atoms with Crippen molar-refractivity contribution in [3.05, 3.63) is 53.6 Å². The summed E-state index contributed by atoms with van der Waals surface area (Å²) in [5.74, 6) is 0.833. The molecule has 2 aromatic rings. The van der Waals surface area contributed by atoms with Crippen LogP contribution in [0.15, 0.2) is 52.3 Å². The van der Waals surface area contributed by atoms with Crippen molar-refractivity contribution in [3.8, 4) is 0 Å². The van der Waals surface area contributed by atoms with Gasteiger partial charge in [0, 0.05) is 16.6 Å². The Labute approximate surface area is 165 Å². The molecule has 1 atom stereocenters. The third kappa shape index (κ3) is 4.36. The molecule has 0 aliphatic carbocycles. The zero-order valence-corrected chi connectivity index (χ0v) is 17.3. The van der Waals surface area contributed by atoms with Crippen LogP contribution >= 0.6 is 11.8 Å². The van der Waals surface area contributed by atoms with Crippen LogP contribution in [0, 0.1) is 0 Å². The lowest BCUT2D eigenvalue weighted by Gasteiger charge is -2.22. The number of nitrogens with zero attached hydrogens (tertiary/aromatic N) is 1. The van der Waals surface area contributed by atoms with Crippen molar-refractivity contribution >= 4 is 33.4 Å². The van der Waals surface area contributed by atoms with Crippen molar-refractivity contribution in [1.82, 2.24) is 0 Å². The number of benzene rings is 2. The third-order valence-corrected chi connectivity index (χ3v) is 6.68. The van der Waals surface area contributed by atoms with E-state index in [0.29, 0.717) is 18.1 Å². The lowest BCUT2D eigenvalue weighted by Crippen LogP contribution is -2.36. The first-order valence-corrected chi connectivity index (χ1v) is 11.4. The minimum atomic E-state index is -3.74. The molecule has 1 unspecified atom stereocenters. The summed E-state index contributed by atoms with van der Waals surface area (Å²) in [6, 6.07) is 13.0. The monoisotopic (exact) mass is 404 g/mol. The molecule has 2 N–H and O–H groups in total. The number of hydrogen-bond acceptors (Lipinski definition) is 4. The molecule has 0 fully saturated rings. The number of hydrogen-bond donors (Lipinski definition) is 1. The summed E-state index contributed by atoms with van der Waals surface area (Å²) >= 11 is 1.51. The average molecular weight is 405 g/mol. The van der Waals surface area contributed by atoms with E-state index < -0.39 is 10.0 Å². The highest BCUT2D eigenvalue weighted by Crippen LogP contribution is 2.34. The predicted molar refractivity (Wildman–Crippen MR) is 110 cm³/mol. The van der Waals surface area contributed by atoms with E-state index in [1.165, 1.54) is 23.4 Å². The predicted octanol–water partition coefficient (Wildman–Crippen LogP) is 3.53. The van der Waals surface area contributed by atoms with Crippen LogP contribution in [0.3, 0.4) is 0 Å². The molecule has 0 spiro atoms. The highest BCUT2D eigenvalue weighted by Gasteiger charge is 2.31. The summed E-state index contributed by atoms with van der Waals surface area (Å²) in [4.78, 5) is 15.7. The van der Waals surface area contributed by atoms with E-state index in [2.05, 4.69) is 26.0 Å². The molecule has 5 nitrogen and oxygen atoms in total. The minimum Gasteiger partial charge on any atom is -0.308 e. The number of fused-ring (bicyclic) bond motifs is 1. The molecule has 1 amide bonds. The van der Waals surface area contributed by atoms with Gasteiger partial charge >= 0.3 is 0 Å². The molecule has 2 aromatic carbocycles. The van der Waals surface area contributed by atoms with Crippen molar-refractivity contribution in [3.63, 3.8) is 0 Å². The fourth-order valence-corrected chi connectivity index (χ4v) is 4.65. The molecule has 1 heterocycles. The number of primary sulfonamides is 1. The van der Waals surface area contributed by atoms with E-state index in [1.54, 1.807) is 17.0 Å². The first-order valence-electron chi connectivity index (χ1n) is 8.87. The largest absolute Gasteiger partial charge is 0.308 e. The van der Waals surface area contributed by atoms with E-state index in [1.807, 2.05) is 19.1 Å². The van der Waals surface area contributed by atoms with Crippen molar-refractivity contribution in [1.29, 1.82) is 0 Å². The molecule has 27 heavy (non-hydrogen) atoms. The van der Waals surface area contributed by atoms with Gasteiger partial charge in [-0.3, -0.25) is 4.79 Å². The summed E-state index contributed by atoms with van der Waals surface area (Å²) in [6.45, 7) is 6.27. The summed E-state index contributed by atoms with van der Waals surface area (Å²) in [5, 5.41) is 5.21. The van der Waals surface area contributed by atoms with Crippen LogP contribution < -0.4 is 10.0 Å². The smallest absolute Gasteiger partial charge is 0.238 e. The molecular weight excluding hydrogens is 380 g/mol. The van der Waals surface area contributed by atoms with Crippen molar-refractivity contribution < 1.29 is 13.2 Å². The van der Waals surface area contributed by atoms with Gasteiger partial charge in [0.15, 0.2) is 0 Å². The lowest BCUT2D eigenvalue weighted by molar-refractivity contribution is -0.116. The maximum atomic E-state index is 12.8. The van der Waals surface area contributed by atoms with E-state index in [0.717, 1.165) is 16.1 Å². The quantitative estimate of drug-likeness (QED) is 0.773. The van der Waals surface area contributed by atoms with Gasteiger partial charge in [-0.1, -0.05) is 26.0 Å². The average Bonchev–Trinajstić information content (AvgIpc) is 2.94. The number of rotatable bonds is 5. The molecule has 7 heteroatoms. The highest BCUT2D eigenvalue weighted by atomic mass is 32.2. The van der Waals surface area contributed by atoms with Gasteiger partial charge in [0.25, 0.3) is 0 Å². The summed E-state index contributed by atoms with van der Waals surface area (Å²) in [7, 11) is -3.74. The van der Waals surface area contributed by atoms with E-state index >= 15 is 0 Å². The van der Waals surface area contributed by atoms with Gasteiger partial charge in [0.05, 0.1) is 10.6 Å². The van der Waals surface area contributed by atoms with Gasteiger partial charge in [-0.05, 0) is 60.7 Å². The second-order valence-electron chi connectivity index (χ2n) is 7.16. The number of sulfonamides is 1. The SMILES string of the molecule is CC(C)c1ccc(SCC(=O)N2c3ccc(S(N)(=O)=O)cc3CC2C)cc1. The van der Waals surface area contributed by atoms with Crippen molar-refractivity contribution in [2.45, 2.75) is 48.9 Å². The number of carbonyl (C=O) groups is 1. The maximum absolute atomic E-state index is 12.8. The van der Waals surface area contributed by atoms with Gasteiger partial charge in [0.2, 0.25) is 15.9 Å². The molecular formula is C20H24N2O3S2. The first kappa shape index (κ1) is 19.9. The standard InChI is InChI=1S/C20H24N2O3S2/c1-13(2)15-4-6-17(7-5-15)26-12-20(23)22-14(3)10-16-11-18(27(21,24)25)8-9-19(16)22/h4-9,11,13-14H,10,12H2,1-3H3,(H2,21,24,25). The fourth-order valence-electron chi connectivity index (χ4n) is 3.33. The Morgan fingerprint density at radius 1 is 1.22 bits per heavy atom.